The molecular weight excluding hydrogens is 389 g/mol. The van der Waals surface area contributed by atoms with Crippen LogP contribution in [-0.2, 0) is 6.54 Å². The van der Waals surface area contributed by atoms with Gasteiger partial charge in [0, 0.05) is 11.8 Å². The number of hydrogen-bond acceptors (Lipinski definition) is 4. The number of hydrogen-bond donors (Lipinski definition) is 2. The van der Waals surface area contributed by atoms with Crippen LogP contribution in [0.15, 0.2) is 36.4 Å². The number of carbonyl (C=O) groups is 1. The zero-order chi connectivity index (χ0) is 18.7. The number of rotatable bonds is 4. The summed E-state index contributed by atoms with van der Waals surface area (Å²) < 4.78 is 27.6. The Bertz CT molecular complexity index is 965. The average Bonchev–Trinajstić information content (AvgIpc) is 3.07. The molecule has 0 fully saturated rings. The Morgan fingerprint density at radius 2 is 1.88 bits per heavy atom. The molecule has 2 amide bonds. The van der Waals surface area contributed by atoms with E-state index in [0.717, 1.165) is 12.1 Å². The third-order valence-electron chi connectivity index (χ3n) is 3.27. The molecule has 0 radical (unpaired) electrons. The number of tetrazole rings is 1. The van der Waals surface area contributed by atoms with E-state index in [-0.39, 0.29) is 18.1 Å². The molecule has 2 aromatic carbocycles. The second kappa shape index (κ2) is 7.63. The molecule has 0 atom stereocenters. The molecule has 3 rings (SSSR count). The molecule has 1 heterocycles. The fourth-order valence-electron chi connectivity index (χ4n) is 2.04. The summed E-state index contributed by atoms with van der Waals surface area (Å²) >= 11 is 11.7. The third kappa shape index (κ3) is 4.06. The van der Waals surface area contributed by atoms with Gasteiger partial charge in [0.2, 0.25) is 0 Å². The number of urea groups is 1. The number of aromatic nitrogens is 4. The molecule has 134 valence electrons. The standard InChI is InChI=1S/C15H10Cl2F2N6O/c16-10-3-1-8(5-11(10)17)21-15(26)20-7-14-22-23-24-25(14)9-2-4-12(18)13(19)6-9/h1-6H,7H2,(H2,20,21,26). The van der Waals surface area contributed by atoms with Gasteiger partial charge in [0.25, 0.3) is 0 Å². The molecule has 7 nitrogen and oxygen atoms in total. The predicted molar refractivity (Wildman–Crippen MR) is 91.4 cm³/mol. The molecule has 0 aliphatic heterocycles. The summed E-state index contributed by atoms with van der Waals surface area (Å²) in [6.45, 7) is -0.0564. The minimum absolute atomic E-state index is 0.0564. The normalized spacial score (nSPS) is 10.6. The first-order valence-electron chi connectivity index (χ1n) is 7.16. The molecule has 3 aromatic rings. The van der Waals surface area contributed by atoms with Crippen molar-refractivity contribution in [3.63, 3.8) is 0 Å². The summed E-state index contributed by atoms with van der Waals surface area (Å²) in [7, 11) is 0. The summed E-state index contributed by atoms with van der Waals surface area (Å²) in [6.07, 6.45) is 0. The van der Waals surface area contributed by atoms with E-state index in [4.69, 9.17) is 23.2 Å². The topological polar surface area (TPSA) is 84.7 Å². The highest BCUT2D eigenvalue weighted by atomic mass is 35.5. The summed E-state index contributed by atoms with van der Waals surface area (Å²) in [6, 6.07) is 7.31. The molecular formula is C15H10Cl2F2N6O. The van der Waals surface area contributed by atoms with Gasteiger partial charge in [-0.2, -0.15) is 4.68 Å². The average molecular weight is 399 g/mol. The van der Waals surface area contributed by atoms with Gasteiger partial charge in [-0.3, -0.25) is 0 Å². The summed E-state index contributed by atoms with van der Waals surface area (Å²) in [4.78, 5) is 12.0. The van der Waals surface area contributed by atoms with Crippen molar-refractivity contribution < 1.29 is 13.6 Å². The van der Waals surface area contributed by atoms with Gasteiger partial charge in [0.05, 0.1) is 22.3 Å². The van der Waals surface area contributed by atoms with Crippen LogP contribution in [-0.4, -0.2) is 26.2 Å². The Morgan fingerprint density at radius 1 is 1.08 bits per heavy atom. The Balaban J connectivity index is 1.66. The highest BCUT2D eigenvalue weighted by Gasteiger charge is 2.12. The van der Waals surface area contributed by atoms with Crippen molar-refractivity contribution in [1.29, 1.82) is 0 Å². The Kier molecular flexibility index (Phi) is 5.29. The fourth-order valence-corrected chi connectivity index (χ4v) is 2.34. The number of nitrogens with one attached hydrogen (secondary N) is 2. The Morgan fingerprint density at radius 3 is 2.62 bits per heavy atom. The molecule has 2 N–H and O–H groups in total. The van der Waals surface area contributed by atoms with Crippen molar-refractivity contribution in [2.75, 3.05) is 5.32 Å². The SMILES string of the molecule is O=C(NCc1nnnn1-c1ccc(F)c(F)c1)Nc1ccc(Cl)c(Cl)c1. The Hall–Kier alpha value is -2.78. The lowest BCUT2D eigenvalue weighted by atomic mass is 10.3. The minimum Gasteiger partial charge on any atom is -0.330 e. The van der Waals surface area contributed by atoms with Gasteiger partial charge in [-0.1, -0.05) is 23.2 Å². The smallest absolute Gasteiger partial charge is 0.319 e. The van der Waals surface area contributed by atoms with Gasteiger partial charge in [0.15, 0.2) is 17.5 Å². The maximum atomic E-state index is 13.4. The van der Waals surface area contributed by atoms with Crippen molar-refractivity contribution >= 4 is 34.9 Å². The lowest BCUT2D eigenvalue weighted by molar-refractivity contribution is 0.251. The first-order valence-corrected chi connectivity index (χ1v) is 7.92. The van der Waals surface area contributed by atoms with Gasteiger partial charge in [-0.25, -0.2) is 13.6 Å². The molecule has 0 saturated heterocycles. The summed E-state index contributed by atoms with van der Waals surface area (Å²) in [5.41, 5.74) is 0.660. The van der Waals surface area contributed by atoms with Crippen LogP contribution in [0, 0.1) is 11.6 Å². The van der Waals surface area contributed by atoms with E-state index in [1.54, 1.807) is 12.1 Å². The molecule has 0 spiro atoms. The predicted octanol–water partition coefficient (Wildman–Crippen LogP) is 3.57. The van der Waals surface area contributed by atoms with E-state index in [1.165, 1.54) is 16.8 Å². The number of amides is 2. The first-order chi connectivity index (χ1) is 12.4. The minimum atomic E-state index is -1.03. The largest absolute Gasteiger partial charge is 0.330 e. The fraction of sp³-hybridized carbons (Fsp3) is 0.0667. The molecule has 0 unspecified atom stereocenters. The zero-order valence-electron chi connectivity index (χ0n) is 12.9. The molecule has 0 aliphatic rings. The molecule has 1 aromatic heterocycles. The number of halogens is 4. The second-order valence-electron chi connectivity index (χ2n) is 5.04. The lowest BCUT2D eigenvalue weighted by Gasteiger charge is -2.09. The van der Waals surface area contributed by atoms with Crippen molar-refractivity contribution in [2.24, 2.45) is 0 Å². The van der Waals surface area contributed by atoms with Gasteiger partial charge in [0.1, 0.15) is 0 Å². The van der Waals surface area contributed by atoms with Gasteiger partial charge < -0.3 is 10.6 Å². The second-order valence-corrected chi connectivity index (χ2v) is 5.86. The van der Waals surface area contributed by atoms with Crippen molar-refractivity contribution in [2.45, 2.75) is 6.54 Å². The number of anilines is 1. The van der Waals surface area contributed by atoms with Gasteiger partial charge in [-0.15, -0.1) is 5.10 Å². The quantitative estimate of drug-likeness (QED) is 0.703. The van der Waals surface area contributed by atoms with Crippen LogP contribution in [0.1, 0.15) is 5.82 Å². The van der Waals surface area contributed by atoms with Gasteiger partial charge >= 0.3 is 6.03 Å². The van der Waals surface area contributed by atoms with Crippen LogP contribution in [0.25, 0.3) is 5.69 Å². The maximum Gasteiger partial charge on any atom is 0.319 e. The van der Waals surface area contributed by atoms with Crippen LogP contribution in [0.2, 0.25) is 10.0 Å². The van der Waals surface area contributed by atoms with Crippen LogP contribution in [0.4, 0.5) is 19.3 Å². The van der Waals surface area contributed by atoms with Crippen LogP contribution < -0.4 is 10.6 Å². The molecule has 11 heteroatoms. The number of nitrogens with zero attached hydrogens (tertiary/aromatic N) is 4. The van der Waals surface area contributed by atoms with Crippen LogP contribution in [0.3, 0.4) is 0 Å². The Labute approximate surface area is 155 Å². The van der Waals surface area contributed by atoms with Crippen molar-refractivity contribution in [3.8, 4) is 5.69 Å². The van der Waals surface area contributed by atoms with E-state index in [1.807, 2.05) is 0 Å². The van der Waals surface area contributed by atoms with E-state index in [0.29, 0.717) is 15.7 Å². The van der Waals surface area contributed by atoms with Crippen LogP contribution in [0.5, 0.6) is 0 Å². The highest BCUT2D eigenvalue weighted by Crippen LogP contribution is 2.24. The molecule has 0 saturated carbocycles. The lowest BCUT2D eigenvalue weighted by Crippen LogP contribution is -2.29. The number of benzene rings is 2. The molecule has 26 heavy (non-hydrogen) atoms. The van der Waals surface area contributed by atoms with Gasteiger partial charge in [-0.05, 0) is 40.8 Å². The van der Waals surface area contributed by atoms with E-state index >= 15 is 0 Å². The van der Waals surface area contributed by atoms with E-state index in [9.17, 15) is 13.6 Å². The monoisotopic (exact) mass is 398 g/mol. The summed E-state index contributed by atoms with van der Waals surface area (Å²) in [5.74, 6) is -1.79. The van der Waals surface area contributed by atoms with Crippen molar-refractivity contribution in [1.82, 2.24) is 25.5 Å². The maximum absolute atomic E-state index is 13.4. The third-order valence-corrected chi connectivity index (χ3v) is 4.01. The van der Waals surface area contributed by atoms with Crippen molar-refractivity contribution in [3.05, 3.63) is 63.9 Å². The summed E-state index contributed by atoms with van der Waals surface area (Å²) in [5, 5.41) is 16.7. The van der Waals surface area contributed by atoms with E-state index < -0.39 is 17.7 Å². The molecule has 0 bridgehead atoms. The zero-order valence-corrected chi connectivity index (χ0v) is 14.4. The highest BCUT2D eigenvalue weighted by molar-refractivity contribution is 6.42. The van der Waals surface area contributed by atoms with Crippen LogP contribution >= 0.6 is 23.2 Å². The van der Waals surface area contributed by atoms with E-state index in [2.05, 4.69) is 26.2 Å². The first kappa shape index (κ1) is 18.0. The number of carbonyl (C=O) groups excluding carboxylic acids is 1. The molecule has 0 aliphatic carbocycles.